The molecule has 0 radical (unpaired) electrons. The second kappa shape index (κ2) is 4.77. The van der Waals surface area contributed by atoms with Crippen molar-refractivity contribution >= 4 is 23.2 Å². The van der Waals surface area contributed by atoms with Gasteiger partial charge < -0.3 is 10.4 Å². The van der Waals surface area contributed by atoms with Gasteiger partial charge in [0.05, 0.1) is 11.1 Å². The van der Waals surface area contributed by atoms with Crippen LogP contribution in [0.5, 0.6) is 0 Å². The maximum atomic E-state index is 9.53. The van der Waals surface area contributed by atoms with Crippen molar-refractivity contribution in [3.8, 4) is 0 Å². The molecule has 1 unspecified atom stereocenters. The Morgan fingerprint density at radius 1 is 1.62 bits per heavy atom. The summed E-state index contributed by atoms with van der Waals surface area (Å²) in [6, 6.07) is 1.61. The number of aliphatic hydroxyl groups is 1. The topological polar surface area (TPSA) is 45.1 Å². The fraction of sp³-hybridized carbons (Fsp3) is 0.375. The zero-order chi connectivity index (χ0) is 9.84. The summed E-state index contributed by atoms with van der Waals surface area (Å²) >= 11 is 11.4. The van der Waals surface area contributed by atoms with Crippen LogP contribution in [0.3, 0.4) is 0 Å². The molecule has 0 aliphatic carbocycles. The number of aliphatic hydroxyl groups excluding tert-OH is 1. The first kappa shape index (κ1) is 10.7. The van der Waals surface area contributed by atoms with Crippen LogP contribution in [0.25, 0.3) is 0 Å². The standard InChI is InChI=1S/C8H10Cl2N2O/c1-11-4-7(13)5-2-6(9)8(10)12-3-5/h2-3,7,11,13H,4H2,1H3. The van der Waals surface area contributed by atoms with E-state index in [1.807, 2.05) is 0 Å². The molecule has 1 aromatic rings. The third kappa shape index (κ3) is 2.81. The molecule has 0 aliphatic heterocycles. The molecule has 2 N–H and O–H groups in total. The summed E-state index contributed by atoms with van der Waals surface area (Å²) in [6.45, 7) is 0.458. The van der Waals surface area contributed by atoms with Crippen LogP contribution in [0, 0.1) is 0 Å². The van der Waals surface area contributed by atoms with Crippen molar-refractivity contribution in [1.29, 1.82) is 0 Å². The van der Waals surface area contributed by atoms with Crippen LogP contribution >= 0.6 is 23.2 Å². The molecular formula is C8H10Cl2N2O. The summed E-state index contributed by atoms with van der Waals surface area (Å²) in [5.74, 6) is 0. The van der Waals surface area contributed by atoms with Gasteiger partial charge in [-0.1, -0.05) is 23.2 Å². The van der Waals surface area contributed by atoms with E-state index in [9.17, 15) is 5.11 Å². The zero-order valence-electron chi connectivity index (χ0n) is 7.09. The van der Waals surface area contributed by atoms with Gasteiger partial charge in [0.25, 0.3) is 0 Å². The second-order valence-corrected chi connectivity index (χ2v) is 3.38. The van der Waals surface area contributed by atoms with Crippen LogP contribution in [-0.4, -0.2) is 23.7 Å². The highest BCUT2D eigenvalue weighted by Gasteiger charge is 2.08. The highest BCUT2D eigenvalue weighted by Crippen LogP contribution is 2.22. The molecule has 5 heteroatoms. The van der Waals surface area contributed by atoms with Crippen LogP contribution in [-0.2, 0) is 0 Å². The first-order valence-electron chi connectivity index (χ1n) is 3.78. The molecule has 1 heterocycles. The van der Waals surface area contributed by atoms with Crippen LogP contribution in [0.15, 0.2) is 12.3 Å². The summed E-state index contributed by atoms with van der Waals surface area (Å²) in [5.41, 5.74) is 0.656. The van der Waals surface area contributed by atoms with Crippen LogP contribution in [0.4, 0.5) is 0 Å². The lowest BCUT2D eigenvalue weighted by molar-refractivity contribution is 0.177. The quantitative estimate of drug-likeness (QED) is 0.762. The molecule has 0 saturated carbocycles. The van der Waals surface area contributed by atoms with Crippen molar-refractivity contribution in [3.63, 3.8) is 0 Å². The minimum absolute atomic E-state index is 0.252. The minimum atomic E-state index is -0.604. The summed E-state index contributed by atoms with van der Waals surface area (Å²) in [5, 5.41) is 13.0. The number of aromatic nitrogens is 1. The molecule has 0 amide bonds. The minimum Gasteiger partial charge on any atom is -0.387 e. The number of hydrogen-bond acceptors (Lipinski definition) is 3. The van der Waals surface area contributed by atoms with E-state index in [0.717, 1.165) is 0 Å². The Morgan fingerprint density at radius 2 is 2.31 bits per heavy atom. The number of hydrogen-bond donors (Lipinski definition) is 2. The molecule has 0 aliphatic rings. The first-order valence-corrected chi connectivity index (χ1v) is 4.54. The van der Waals surface area contributed by atoms with Gasteiger partial charge in [0.15, 0.2) is 0 Å². The van der Waals surface area contributed by atoms with E-state index in [1.165, 1.54) is 6.20 Å². The van der Waals surface area contributed by atoms with E-state index in [1.54, 1.807) is 13.1 Å². The molecule has 0 saturated heterocycles. The van der Waals surface area contributed by atoms with Gasteiger partial charge in [0, 0.05) is 18.3 Å². The van der Waals surface area contributed by atoms with E-state index in [2.05, 4.69) is 10.3 Å². The summed E-state index contributed by atoms with van der Waals surface area (Å²) in [4.78, 5) is 3.83. The van der Waals surface area contributed by atoms with E-state index in [0.29, 0.717) is 17.1 Å². The number of nitrogens with one attached hydrogen (secondary N) is 1. The lowest BCUT2D eigenvalue weighted by Gasteiger charge is -2.09. The SMILES string of the molecule is CNCC(O)c1cnc(Cl)c(Cl)c1. The van der Waals surface area contributed by atoms with Crippen LogP contribution < -0.4 is 5.32 Å². The molecule has 1 rings (SSSR count). The molecule has 72 valence electrons. The fourth-order valence-corrected chi connectivity index (χ4v) is 1.21. The monoisotopic (exact) mass is 220 g/mol. The summed E-state index contributed by atoms with van der Waals surface area (Å²) < 4.78 is 0. The maximum Gasteiger partial charge on any atom is 0.147 e. The van der Waals surface area contributed by atoms with Gasteiger partial charge in [0.1, 0.15) is 5.15 Å². The largest absolute Gasteiger partial charge is 0.387 e. The number of nitrogens with zero attached hydrogens (tertiary/aromatic N) is 1. The smallest absolute Gasteiger partial charge is 0.147 e. The average Bonchev–Trinajstić information content (AvgIpc) is 2.10. The second-order valence-electron chi connectivity index (χ2n) is 2.61. The Hall–Kier alpha value is -0.350. The van der Waals surface area contributed by atoms with Crippen LogP contribution in [0.2, 0.25) is 10.2 Å². The van der Waals surface area contributed by atoms with Gasteiger partial charge in [-0.2, -0.15) is 0 Å². The van der Waals surface area contributed by atoms with Gasteiger partial charge in [-0.15, -0.1) is 0 Å². The fourth-order valence-electron chi connectivity index (χ4n) is 0.929. The van der Waals surface area contributed by atoms with E-state index >= 15 is 0 Å². The van der Waals surface area contributed by atoms with Crippen LogP contribution in [0.1, 0.15) is 11.7 Å². The van der Waals surface area contributed by atoms with Crippen molar-refractivity contribution in [2.24, 2.45) is 0 Å². The predicted octanol–water partition coefficient (Wildman–Crippen LogP) is 1.64. The summed E-state index contributed by atoms with van der Waals surface area (Å²) in [6.07, 6.45) is 0.906. The Bertz CT molecular complexity index is 293. The Balaban J connectivity index is 2.84. The normalized spacial score (nSPS) is 12.9. The molecule has 0 aromatic carbocycles. The molecular weight excluding hydrogens is 211 g/mol. The van der Waals surface area contributed by atoms with Gasteiger partial charge in [-0.3, -0.25) is 0 Å². The molecule has 0 fully saturated rings. The van der Waals surface area contributed by atoms with E-state index < -0.39 is 6.10 Å². The molecule has 3 nitrogen and oxygen atoms in total. The lowest BCUT2D eigenvalue weighted by atomic mass is 10.2. The Morgan fingerprint density at radius 3 is 2.85 bits per heavy atom. The maximum absolute atomic E-state index is 9.53. The molecule has 1 atom stereocenters. The number of likely N-dealkylation sites (N-methyl/N-ethyl adjacent to an activating group) is 1. The molecule has 0 bridgehead atoms. The van der Waals surface area contributed by atoms with Crippen molar-refractivity contribution in [1.82, 2.24) is 10.3 Å². The van der Waals surface area contributed by atoms with E-state index in [4.69, 9.17) is 23.2 Å². The Labute approximate surface area is 86.7 Å². The third-order valence-corrected chi connectivity index (χ3v) is 2.29. The van der Waals surface area contributed by atoms with Gasteiger partial charge in [-0.25, -0.2) is 4.98 Å². The predicted molar refractivity (Wildman–Crippen MR) is 53.1 cm³/mol. The average molecular weight is 221 g/mol. The highest BCUT2D eigenvalue weighted by atomic mass is 35.5. The first-order chi connectivity index (χ1) is 6.15. The van der Waals surface area contributed by atoms with Gasteiger partial charge in [0.2, 0.25) is 0 Å². The van der Waals surface area contributed by atoms with Crippen molar-refractivity contribution < 1.29 is 5.11 Å². The number of halogens is 2. The van der Waals surface area contributed by atoms with Gasteiger partial charge in [-0.05, 0) is 13.1 Å². The molecule has 0 spiro atoms. The number of pyridine rings is 1. The van der Waals surface area contributed by atoms with Crippen molar-refractivity contribution in [2.45, 2.75) is 6.10 Å². The zero-order valence-corrected chi connectivity index (χ0v) is 8.60. The van der Waals surface area contributed by atoms with Crippen molar-refractivity contribution in [2.75, 3.05) is 13.6 Å². The summed E-state index contributed by atoms with van der Waals surface area (Å²) in [7, 11) is 1.76. The van der Waals surface area contributed by atoms with Gasteiger partial charge >= 0.3 is 0 Å². The third-order valence-electron chi connectivity index (χ3n) is 1.60. The molecule has 13 heavy (non-hydrogen) atoms. The van der Waals surface area contributed by atoms with E-state index in [-0.39, 0.29) is 5.15 Å². The Kier molecular flexibility index (Phi) is 3.93. The van der Waals surface area contributed by atoms with Crippen molar-refractivity contribution in [3.05, 3.63) is 28.0 Å². The lowest BCUT2D eigenvalue weighted by Crippen LogP contribution is -2.16. The molecule has 1 aromatic heterocycles. The highest BCUT2D eigenvalue weighted by molar-refractivity contribution is 6.41. The number of rotatable bonds is 3.